The molecule has 0 radical (unpaired) electrons. The van der Waals surface area contributed by atoms with Crippen molar-refractivity contribution in [3.8, 4) is 0 Å². The smallest absolute Gasteiger partial charge is 0.410 e. The van der Waals surface area contributed by atoms with Gasteiger partial charge in [-0.05, 0) is 83.3 Å². The molecule has 1 unspecified atom stereocenters. The van der Waals surface area contributed by atoms with Crippen molar-refractivity contribution in [1.82, 2.24) is 4.90 Å². The molecule has 30 heavy (non-hydrogen) atoms. The van der Waals surface area contributed by atoms with Crippen LogP contribution in [0.25, 0.3) is 0 Å². The Kier molecular flexibility index (Phi) is 6.82. The van der Waals surface area contributed by atoms with E-state index in [1.54, 1.807) is 24.3 Å². The van der Waals surface area contributed by atoms with Crippen LogP contribution in [0.5, 0.6) is 0 Å². The topological polar surface area (TPSA) is 72.9 Å². The van der Waals surface area contributed by atoms with Crippen molar-refractivity contribution in [3.05, 3.63) is 29.8 Å². The van der Waals surface area contributed by atoms with Gasteiger partial charge in [-0.3, -0.25) is 4.18 Å². The zero-order valence-electron chi connectivity index (χ0n) is 18.6. The van der Waals surface area contributed by atoms with Gasteiger partial charge in [-0.25, -0.2) is 4.79 Å². The fourth-order valence-corrected chi connectivity index (χ4v) is 5.20. The van der Waals surface area contributed by atoms with Crippen LogP contribution >= 0.6 is 0 Å². The minimum atomic E-state index is -3.70. The molecule has 1 saturated heterocycles. The maximum Gasteiger partial charge on any atom is 0.410 e. The van der Waals surface area contributed by atoms with Crippen molar-refractivity contribution < 1.29 is 22.1 Å². The first kappa shape index (κ1) is 23.1. The number of piperidine rings is 1. The van der Waals surface area contributed by atoms with Gasteiger partial charge in [0.05, 0.1) is 11.5 Å². The Balaban J connectivity index is 1.45. The third-order valence-corrected chi connectivity index (χ3v) is 7.55. The third kappa shape index (κ3) is 5.97. The van der Waals surface area contributed by atoms with Crippen LogP contribution in [-0.4, -0.2) is 44.7 Å². The summed E-state index contributed by atoms with van der Waals surface area (Å²) >= 11 is 0. The number of ether oxygens (including phenoxy) is 1. The lowest BCUT2D eigenvalue weighted by atomic mass is 9.79. The van der Waals surface area contributed by atoms with Crippen LogP contribution in [0, 0.1) is 18.3 Å². The summed E-state index contributed by atoms with van der Waals surface area (Å²) in [6.07, 6.45) is 5.83. The summed E-state index contributed by atoms with van der Waals surface area (Å²) < 4.78 is 35.3. The lowest BCUT2D eigenvalue weighted by Gasteiger charge is -2.39. The molecule has 2 fully saturated rings. The highest BCUT2D eigenvalue weighted by atomic mass is 32.2. The van der Waals surface area contributed by atoms with E-state index in [0.29, 0.717) is 17.8 Å². The number of aryl methyl sites for hydroxylation is 1. The Morgan fingerprint density at radius 2 is 1.80 bits per heavy atom. The highest BCUT2D eigenvalue weighted by Gasteiger charge is 2.52. The summed E-state index contributed by atoms with van der Waals surface area (Å²) in [5.41, 5.74) is 0.908. The molecule has 3 rings (SSSR count). The lowest BCUT2D eigenvalue weighted by Crippen LogP contribution is -2.46. The molecule has 0 N–H and O–H groups in total. The van der Waals surface area contributed by atoms with E-state index in [-0.39, 0.29) is 17.6 Å². The van der Waals surface area contributed by atoms with Crippen LogP contribution < -0.4 is 0 Å². The minimum absolute atomic E-state index is 0.186. The predicted molar refractivity (Wildman–Crippen MR) is 116 cm³/mol. The van der Waals surface area contributed by atoms with Gasteiger partial charge >= 0.3 is 6.09 Å². The van der Waals surface area contributed by atoms with Crippen LogP contribution in [-0.2, 0) is 19.0 Å². The summed E-state index contributed by atoms with van der Waals surface area (Å²) in [6.45, 7) is 9.27. The number of hydrogen-bond donors (Lipinski definition) is 0. The zero-order chi connectivity index (χ0) is 22.0. The maximum atomic E-state index is 12.5. The quantitative estimate of drug-likeness (QED) is 0.448. The van der Waals surface area contributed by atoms with Gasteiger partial charge in [0.25, 0.3) is 10.1 Å². The van der Waals surface area contributed by atoms with E-state index >= 15 is 0 Å². The van der Waals surface area contributed by atoms with Crippen molar-refractivity contribution in [1.29, 1.82) is 0 Å². The highest BCUT2D eigenvalue weighted by Crippen LogP contribution is 2.58. The number of benzene rings is 1. The van der Waals surface area contributed by atoms with E-state index in [0.717, 1.165) is 37.9 Å². The van der Waals surface area contributed by atoms with Crippen molar-refractivity contribution >= 4 is 16.2 Å². The Morgan fingerprint density at radius 1 is 1.13 bits per heavy atom. The largest absolute Gasteiger partial charge is 0.444 e. The van der Waals surface area contributed by atoms with E-state index in [4.69, 9.17) is 8.92 Å². The van der Waals surface area contributed by atoms with E-state index in [1.165, 1.54) is 12.8 Å². The van der Waals surface area contributed by atoms with Crippen LogP contribution in [0.1, 0.15) is 64.9 Å². The van der Waals surface area contributed by atoms with Gasteiger partial charge < -0.3 is 9.64 Å². The SMILES string of the molecule is Cc1ccc(S(=O)(=O)OCCCCC2CN(C(=O)OC(C)(C)C)CCC23CC3)cc1. The average Bonchev–Trinajstić information content (AvgIpc) is 3.42. The van der Waals surface area contributed by atoms with Gasteiger partial charge in [0.1, 0.15) is 5.60 Å². The van der Waals surface area contributed by atoms with Gasteiger partial charge in [0.15, 0.2) is 0 Å². The first-order chi connectivity index (χ1) is 14.0. The zero-order valence-corrected chi connectivity index (χ0v) is 19.5. The van der Waals surface area contributed by atoms with Gasteiger partial charge in [-0.15, -0.1) is 0 Å². The number of amides is 1. The fourth-order valence-electron chi connectivity index (χ4n) is 4.26. The summed E-state index contributed by atoms with van der Waals surface area (Å²) in [4.78, 5) is 14.5. The summed E-state index contributed by atoms with van der Waals surface area (Å²) in [6, 6.07) is 6.69. The van der Waals surface area contributed by atoms with E-state index in [9.17, 15) is 13.2 Å². The molecule has 1 aromatic rings. The molecule has 0 aromatic heterocycles. The Bertz CT molecular complexity index is 837. The molecule has 1 aliphatic carbocycles. The van der Waals surface area contributed by atoms with Crippen molar-refractivity contribution in [2.24, 2.45) is 11.3 Å². The van der Waals surface area contributed by atoms with Crippen LogP contribution in [0.3, 0.4) is 0 Å². The second-order valence-corrected chi connectivity index (χ2v) is 11.4. The normalized spacial score (nSPS) is 20.9. The molecule has 1 saturated carbocycles. The Hall–Kier alpha value is -1.60. The predicted octanol–water partition coefficient (Wildman–Crippen LogP) is 4.91. The standard InChI is InChI=1S/C23H35NO5S/c1-18-8-10-20(11-9-18)30(26,27)28-16-6-5-7-19-17-24(15-14-23(19)12-13-23)21(25)29-22(2,3)4/h8-11,19H,5-7,12-17H2,1-4H3. The van der Waals surface area contributed by atoms with Crippen LogP contribution in [0.15, 0.2) is 29.2 Å². The molecular formula is C23H35NO5S. The summed E-state index contributed by atoms with van der Waals surface area (Å²) in [5.74, 6) is 0.451. The molecule has 7 heteroatoms. The van der Waals surface area contributed by atoms with Gasteiger partial charge in [0, 0.05) is 13.1 Å². The number of likely N-dealkylation sites (tertiary alicyclic amines) is 1. The molecule has 1 spiro atoms. The third-order valence-electron chi connectivity index (χ3n) is 6.23. The van der Waals surface area contributed by atoms with Crippen molar-refractivity contribution in [3.63, 3.8) is 0 Å². The molecule has 1 atom stereocenters. The number of rotatable bonds is 7. The molecular weight excluding hydrogens is 402 g/mol. The second-order valence-electron chi connectivity index (χ2n) is 9.82. The molecule has 1 heterocycles. The monoisotopic (exact) mass is 437 g/mol. The number of carbonyl (C=O) groups excluding carboxylic acids is 1. The van der Waals surface area contributed by atoms with Gasteiger partial charge in [0.2, 0.25) is 0 Å². The molecule has 168 valence electrons. The lowest BCUT2D eigenvalue weighted by molar-refractivity contribution is 0.00644. The highest BCUT2D eigenvalue weighted by molar-refractivity contribution is 7.86. The molecule has 0 bridgehead atoms. The van der Waals surface area contributed by atoms with E-state index < -0.39 is 15.7 Å². The van der Waals surface area contributed by atoms with Crippen LogP contribution in [0.4, 0.5) is 4.79 Å². The van der Waals surface area contributed by atoms with E-state index in [1.807, 2.05) is 32.6 Å². The molecule has 2 aliphatic rings. The van der Waals surface area contributed by atoms with Crippen molar-refractivity contribution in [2.75, 3.05) is 19.7 Å². The number of unbranched alkanes of at least 4 members (excludes halogenated alkanes) is 1. The molecule has 1 aliphatic heterocycles. The fraction of sp³-hybridized carbons (Fsp3) is 0.696. The first-order valence-corrected chi connectivity index (χ1v) is 12.4. The van der Waals surface area contributed by atoms with Gasteiger partial charge in [-0.1, -0.05) is 24.1 Å². The average molecular weight is 438 g/mol. The maximum absolute atomic E-state index is 12.5. The van der Waals surface area contributed by atoms with Crippen LogP contribution in [0.2, 0.25) is 0 Å². The number of nitrogens with zero attached hydrogens (tertiary/aromatic N) is 1. The molecule has 1 amide bonds. The second kappa shape index (κ2) is 8.87. The number of carbonyl (C=O) groups is 1. The minimum Gasteiger partial charge on any atom is -0.444 e. The van der Waals surface area contributed by atoms with Crippen molar-refractivity contribution in [2.45, 2.75) is 76.7 Å². The Labute approximate surface area is 181 Å². The summed E-state index contributed by atoms with van der Waals surface area (Å²) in [5, 5.41) is 0. The first-order valence-electron chi connectivity index (χ1n) is 10.9. The summed E-state index contributed by atoms with van der Waals surface area (Å²) in [7, 11) is -3.70. The Morgan fingerprint density at radius 3 is 2.40 bits per heavy atom. The molecule has 6 nitrogen and oxygen atoms in total. The number of hydrogen-bond acceptors (Lipinski definition) is 5. The van der Waals surface area contributed by atoms with E-state index in [2.05, 4.69) is 0 Å². The molecule has 1 aromatic carbocycles. The van der Waals surface area contributed by atoms with Gasteiger partial charge in [-0.2, -0.15) is 8.42 Å².